The summed E-state index contributed by atoms with van der Waals surface area (Å²) in [4.78, 5) is 49.9. The highest BCUT2D eigenvalue weighted by atomic mass is 79.9. The number of ether oxygens (including phenoxy) is 1. The number of carbonyl (C=O) groups is 3. The number of alkyl halides is 1. The van der Waals surface area contributed by atoms with Crippen LogP contribution >= 0.6 is 66.7 Å². The second-order valence-corrected chi connectivity index (χ2v) is 19.5. The lowest BCUT2D eigenvalue weighted by molar-refractivity contribution is -0.146. The molecule has 17 heteroatoms. The third kappa shape index (κ3) is 11.8. The molecule has 0 saturated carbocycles. The lowest BCUT2D eigenvalue weighted by atomic mass is 9.95. The molecule has 2 aromatic heterocycles. The zero-order chi connectivity index (χ0) is 44.2. The Morgan fingerprint density at radius 3 is 1.89 bits per heavy atom. The smallest absolute Gasteiger partial charge is 0.411 e. The average Bonchev–Trinajstić information content (AvgIpc) is 3.44. The quantitative estimate of drug-likeness (QED) is 0.169. The number of carbonyl (C=O) groups excluding carboxylic acids is 1. The number of benzene rings is 2. The number of aryl methyl sites for hydroxylation is 4. The van der Waals surface area contributed by atoms with Crippen molar-refractivity contribution < 1.29 is 30.8 Å². The van der Waals surface area contributed by atoms with Gasteiger partial charge in [0.15, 0.2) is 0 Å². The molecule has 2 fully saturated rings. The van der Waals surface area contributed by atoms with Crippen molar-refractivity contribution in [3.8, 4) is 0 Å². The minimum absolute atomic E-state index is 0. The fourth-order valence-electron chi connectivity index (χ4n) is 8.03. The molecule has 0 bridgehead atoms. The molecule has 2 aromatic carbocycles. The van der Waals surface area contributed by atoms with Gasteiger partial charge < -0.3 is 20.3 Å². The number of likely N-dealkylation sites (N-methyl/N-ethyl adjacent to an activating group) is 1. The van der Waals surface area contributed by atoms with Gasteiger partial charge in [0, 0.05) is 72.1 Å². The number of aromatic nitrogens is 2. The number of rotatable bonds is 3. The maximum absolute atomic E-state index is 12.7. The van der Waals surface area contributed by atoms with Crippen LogP contribution in [0.15, 0.2) is 69.9 Å². The van der Waals surface area contributed by atoms with Gasteiger partial charge in [-0.15, -0.1) is 11.6 Å². The number of piperazine rings is 2. The number of hydrogen-bond donors (Lipinski definition) is 3. The van der Waals surface area contributed by atoms with Crippen LogP contribution in [-0.2, 0) is 40.0 Å². The molecular formula is C44H51Br2Cl3N6O6. The number of pyridine rings is 2. The van der Waals surface area contributed by atoms with Gasteiger partial charge in [0.25, 0.3) is 0 Å². The molecule has 328 valence electrons. The number of nitrogens with one attached hydrogen (secondary N) is 1. The molecule has 3 N–H and O–H groups in total. The van der Waals surface area contributed by atoms with E-state index in [0.29, 0.717) is 18.1 Å². The van der Waals surface area contributed by atoms with Gasteiger partial charge in [-0.1, -0.05) is 35.3 Å². The molecule has 8 rings (SSSR count). The second kappa shape index (κ2) is 20.4. The van der Waals surface area contributed by atoms with Crippen molar-refractivity contribution in [1.82, 2.24) is 30.0 Å². The van der Waals surface area contributed by atoms with Gasteiger partial charge in [0.1, 0.15) is 23.1 Å². The van der Waals surface area contributed by atoms with Crippen LogP contribution in [0.25, 0.3) is 0 Å². The van der Waals surface area contributed by atoms with Crippen LogP contribution in [0.1, 0.15) is 78.4 Å². The first-order valence-electron chi connectivity index (χ1n) is 20.0. The van der Waals surface area contributed by atoms with Crippen LogP contribution in [0.4, 0.5) is 4.79 Å². The fraction of sp³-hybridized carbons (Fsp3) is 0.432. The maximum Gasteiger partial charge on any atom is 0.411 e. The Kier molecular flexibility index (Phi) is 15.8. The molecule has 12 nitrogen and oxygen atoms in total. The molecule has 0 spiro atoms. The number of nitrogens with zero attached hydrogens (tertiary/aromatic N) is 5. The fourth-order valence-corrected chi connectivity index (χ4v) is 9.58. The van der Waals surface area contributed by atoms with Crippen molar-refractivity contribution in [2.45, 2.75) is 75.6 Å². The third-order valence-electron chi connectivity index (χ3n) is 11.0. The lowest BCUT2D eigenvalue weighted by Gasteiger charge is -2.43. The van der Waals surface area contributed by atoms with E-state index in [9.17, 15) is 19.5 Å². The summed E-state index contributed by atoms with van der Waals surface area (Å²) in [6.45, 7) is 8.48. The predicted octanol–water partition coefficient (Wildman–Crippen LogP) is 8.84. The summed E-state index contributed by atoms with van der Waals surface area (Å²) < 4.78 is 7.37. The summed E-state index contributed by atoms with van der Waals surface area (Å²) in [5, 5.41) is 22.9. The molecule has 2 aliphatic heterocycles. The Morgan fingerprint density at radius 2 is 1.33 bits per heavy atom. The van der Waals surface area contributed by atoms with Crippen molar-refractivity contribution in [3.05, 3.63) is 125 Å². The number of aliphatic carboxylic acids is 2. The normalized spacial score (nSPS) is 21.3. The largest absolute Gasteiger partial charge is 0.480 e. The zero-order valence-corrected chi connectivity index (χ0v) is 39.7. The molecule has 2 saturated heterocycles. The van der Waals surface area contributed by atoms with Crippen molar-refractivity contribution in [1.29, 1.82) is 0 Å². The predicted molar refractivity (Wildman–Crippen MR) is 246 cm³/mol. The maximum atomic E-state index is 12.7. The van der Waals surface area contributed by atoms with Crippen LogP contribution in [0.3, 0.4) is 0 Å². The standard InChI is InChI=1S/C24H27BrClN3O4.C14H10BrCl2N.C6H12N2O2.H2/c1-24(2,3)33-23(32)29-9-8-28(13-19(29)22(30)31)21-18-7-6-17(26)11-14(18)4-5-15-10-16(25)12-27-20(15)21;15-10-5-9-2-1-8-6-11(16)3-4-12(8)13(17)14(9)18-7-10;1-8-3-2-7-4-5(8)6(9)10;/h6-7,10-12,19,21H,4-5,8-9,13H2,1-3H3,(H,30,31);3-7,13H,1-2H2;5,7H,2-4H2,1H3,(H,9,10);1H/t;;5-;/m..1./s1. The molecule has 4 aliphatic rings. The van der Waals surface area contributed by atoms with Crippen LogP contribution in [0.5, 0.6) is 0 Å². The molecule has 3 unspecified atom stereocenters. The summed E-state index contributed by atoms with van der Waals surface area (Å²) in [6.07, 6.45) is 6.49. The van der Waals surface area contributed by atoms with E-state index in [1.165, 1.54) is 16.0 Å². The van der Waals surface area contributed by atoms with E-state index in [1.54, 1.807) is 33.2 Å². The van der Waals surface area contributed by atoms with E-state index in [2.05, 4.69) is 59.2 Å². The topological polar surface area (TPSA) is 148 Å². The summed E-state index contributed by atoms with van der Waals surface area (Å²) in [7, 11) is 1.83. The van der Waals surface area contributed by atoms with Gasteiger partial charge in [-0.25, -0.2) is 9.59 Å². The number of hydrogen-bond acceptors (Lipinski definition) is 9. The average molecular weight is 1030 g/mol. The Balaban J connectivity index is 0.000000208. The first kappa shape index (κ1) is 47.1. The number of fused-ring (bicyclic) bond motifs is 4. The number of amides is 1. The van der Waals surface area contributed by atoms with Gasteiger partial charge in [0.05, 0.1) is 17.4 Å². The summed E-state index contributed by atoms with van der Waals surface area (Å²) in [5.74, 6) is -1.80. The Morgan fingerprint density at radius 1 is 0.787 bits per heavy atom. The molecular weight excluding hydrogens is 975 g/mol. The zero-order valence-electron chi connectivity index (χ0n) is 34.3. The van der Waals surface area contributed by atoms with E-state index in [1.807, 2.05) is 48.3 Å². The molecule has 4 atom stereocenters. The first-order chi connectivity index (χ1) is 28.9. The Labute approximate surface area is 389 Å². The Bertz CT molecular complexity index is 2160. The monoisotopic (exact) mass is 1020 g/mol. The summed E-state index contributed by atoms with van der Waals surface area (Å²) >= 11 is 25.9. The van der Waals surface area contributed by atoms with E-state index in [-0.39, 0.29) is 32.0 Å². The highest BCUT2D eigenvalue weighted by Gasteiger charge is 2.42. The molecule has 0 radical (unpaired) electrons. The number of carboxylic acid groups (broad SMARTS) is 2. The van der Waals surface area contributed by atoms with E-state index in [4.69, 9.17) is 49.6 Å². The molecule has 2 aliphatic carbocycles. The van der Waals surface area contributed by atoms with Crippen LogP contribution in [0.2, 0.25) is 10.0 Å². The first-order valence-corrected chi connectivity index (χ1v) is 22.8. The van der Waals surface area contributed by atoms with Gasteiger partial charge in [0.2, 0.25) is 0 Å². The molecule has 4 aromatic rings. The third-order valence-corrected chi connectivity index (χ3v) is 12.8. The van der Waals surface area contributed by atoms with Gasteiger partial charge in [-0.3, -0.25) is 29.5 Å². The van der Waals surface area contributed by atoms with Crippen LogP contribution in [0, 0.1) is 0 Å². The van der Waals surface area contributed by atoms with Crippen molar-refractivity contribution >= 4 is 84.7 Å². The number of halogens is 5. The minimum Gasteiger partial charge on any atom is -0.480 e. The minimum atomic E-state index is -1.06. The SMILES string of the molecule is CC(C)(C)OC(=O)N1CCN(C2c3ccc(Cl)cc3CCc3cc(Br)cnc32)CC1C(=O)O.CN1CCNC[C@@H]1C(=O)O.Clc1ccc2c(c1)CCc1cc(Br)cnc1C2Cl.[HH]. The van der Waals surface area contributed by atoms with Crippen molar-refractivity contribution in [2.75, 3.05) is 46.3 Å². The molecule has 4 heterocycles. The van der Waals surface area contributed by atoms with Crippen molar-refractivity contribution in [3.63, 3.8) is 0 Å². The van der Waals surface area contributed by atoms with Crippen molar-refractivity contribution in [2.24, 2.45) is 0 Å². The highest BCUT2D eigenvalue weighted by Crippen LogP contribution is 2.40. The Hall–Kier alpha value is -3.34. The van der Waals surface area contributed by atoms with Crippen LogP contribution < -0.4 is 5.32 Å². The van der Waals surface area contributed by atoms with E-state index in [0.717, 1.165) is 86.4 Å². The second-order valence-electron chi connectivity index (χ2n) is 16.4. The van der Waals surface area contributed by atoms with Gasteiger partial charge >= 0.3 is 18.0 Å². The lowest BCUT2D eigenvalue weighted by Crippen LogP contribution is -2.59. The molecule has 61 heavy (non-hydrogen) atoms. The van der Waals surface area contributed by atoms with Crippen LogP contribution in [-0.4, -0.2) is 117 Å². The highest BCUT2D eigenvalue weighted by molar-refractivity contribution is 9.10. The van der Waals surface area contributed by atoms with E-state index < -0.39 is 29.7 Å². The summed E-state index contributed by atoms with van der Waals surface area (Å²) in [6, 6.07) is 14.3. The summed E-state index contributed by atoms with van der Waals surface area (Å²) in [5.41, 5.74) is 8.03. The molecule has 1 amide bonds. The van der Waals surface area contributed by atoms with E-state index >= 15 is 0 Å². The van der Waals surface area contributed by atoms with Gasteiger partial charge in [-0.05, 0) is 155 Å². The number of carboxylic acids is 2. The van der Waals surface area contributed by atoms with Gasteiger partial charge in [-0.2, -0.15) is 0 Å².